The molecule has 38 heavy (non-hydrogen) atoms. The van der Waals surface area contributed by atoms with Crippen LogP contribution in [0.1, 0.15) is 86.9 Å². The van der Waals surface area contributed by atoms with Gasteiger partial charge in [0.05, 0.1) is 17.2 Å². The number of amides is 1. The van der Waals surface area contributed by atoms with E-state index >= 15 is 0 Å². The minimum absolute atomic E-state index is 0.0460. The Bertz CT molecular complexity index is 1300. The van der Waals surface area contributed by atoms with Crippen LogP contribution in [0.25, 0.3) is 10.3 Å². The Hall–Kier alpha value is -3.21. The number of fused-ring (bicyclic) bond motifs is 1. The standard InChI is InChI=1S/C27H35FN6O3S/c1-16(19-13-20(28)15-29-14-19)30-25-32-22(23-24(33-25)31-17(2)38-23)21(35)8-6-7-18-9-11-34(12-10-18)26(36)37-27(3,4)5/h13-16,18H,6-12H2,1-5H3,(H,30,32,33)/t16-/m0/s1. The molecule has 0 saturated carbocycles. The smallest absolute Gasteiger partial charge is 0.410 e. The summed E-state index contributed by atoms with van der Waals surface area (Å²) < 4.78 is 19.8. The summed E-state index contributed by atoms with van der Waals surface area (Å²) in [7, 11) is 0. The van der Waals surface area contributed by atoms with Gasteiger partial charge < -0.3 is 15.0 Å². The van der Waals surface area contributed by atoms with Crippen molar-refractivity contribution in [3.8, 4) is 0 Å². The van der Waals surface area contributed by atoms with Crippen LogP contribution in [-0.2, 0) is 4.74 Å². The third kappa shape index (κ3) is 7.21. The van der Waals surface area contributed by atoms with Crippen molar-refractivity contribution < 1.29 is 18.7 Å². The molecule has 0 aromatic carbocycles. The van der Waals surface area contributed by atoms with E-state index in [1.54, 1.807) is 11.1 Å². The number of nitrogens with zero attached hydrogens (tertiary/aromatic N) is 5. The van der Waals surface area contributed by atoms with Gasteiger partial charge in [0, 0.05) is 25.7 Å². The Morgan fingerprint density at radius 1 is 1.21 bits per heavy atom. The molecule has 1 aliphatic rings. The molecule has 1 fully saturated rings. The number of likely N-dealkylation sites (tertiary alicyclic amines) is 1. The van der Waals surface area contributed by atoms with Crippen LogP contribution in [0.4, 0.5) is 15.1 Å². The zero-order valence-electron chi connectivity index (χ0n) is 22.6. The molecule has 1 N–H and O–H groups in total. The number of ether oxygens (including phenoxy) is 1. The number of Topliss-reactive ketones (excluding diaryl/α,β-unsaturated/α-hetero) is 1. The molecule has 1 saturated heterocycles. The van der Waals surface area contributed by atoms with Gasteiger partial charge in [-0.25, -0.2) is 19.2 Å². The molecule has 1 amide bonds. The van der Waals surface area contributed by atoms with Gasteiger partial charge >= 0.3 is 6.09 Å². The largest absolute Gasteiger partial charge is 0.444 e. The number of ketones is 1. The maximum Gasteiger partial charge on any atom is 0.410 e. The van der Waals surface area contributed by atoms with Gasteiger partial charge in [-0.15, -0.1) is 11.3 Å². The maximum atomic E-state index is 13.6. The number of rotatable bonds is 8. The predicted octanol–water partition coefficient (Wildman–Crippen LogP) is 6.10. The number of hydrogen-bond acceptors (Lipinski definition) is 9. The van der Waals surface area contributed by atoms with E-state index in [4.69, 9.17) is 4.74 Å². The fourth-order valence-electron chi connectivity index (χ4n) is 4.52. The molecule has 4 heterocycles. The van der Waals surface area contributed by atoms with E-state index in [9.17, 15) is 14.0 Å². The van der Waals surface area contributed by atoms with Crippen molar-refractivity contribution in [2.45, 2.75) is 78.4 Å². The highest BCUT2D eigenvalue weighted by molar-refractivity contribution is 7.18. The van der Waals surface area contributed by atoms with Gasteiger partial charge in [0.25, 0.3) is 0 Å². The van der Waals surface area contributed by atoms with Gasteiger partial charge in [0.2, 0.25) is 5.95 Å². The maximum absolute atomic E-state index is 13.6. The lowest BCUT2D eigenvalue weighted by molar-refractivity contribution is 0.0181. The number of piperidine rings is 1. The van der Waals surface area contributed by atoms with Gasteiger partial charge in [-0.3, -0.25) is 9.78 Å². The third-order valence-corrected chi connectivity index (χ3v) is 7.45. The lowest BCUT2D eigenvalue weighted by Gasteiger charge is -2.33. The topological polar surface area (TPSA) is 110 Å². The van der Waals surface area contributed by atoms with Crippen molar-refractivity contribution in [2.75, 3.05) is 18.4 Å². The van der Waals surface area contributed by atoms with E-state index in [1.165, 1.54) is 17.4 Å². The molecule has 0 unspecified atom stereocenters. The average molecular weight is 543 g/mol. The molecule has 3 aromatic rings. The van der Waals surface area contributed by atoms with Crippen molar-refractivity contribution in [2.24, 2.45) is 5.92 Å². The Labute approximate surface area is 226 Å². The van der Waals surface area contributed by atoms with E-state index in [-0.39, 0.29) is 23.9 Å². The van der Waals surface area contributed by atoms with Crippen LogP contribution in [0.2, 0.25) is 0 Å². The molecule has 0 spiro atoms. The average Bonchev–Trinajstić information content (AvgIpc) is 3.22. The third-order valence-electron chi connectivity index (χ3n) is 6.48. The highest BCUT2D eigenvalue weighted by atomic mass is 32.1. The second kappa shape index (κ2) is 11.7. The Kier molecular flexibility index (Phi) is 8.54. The molecule has 4 rings (SSSR count). The number of pyridine rings is 1. The van der Waals surface area contributed by atoms with Crippen LogP contribution in [0.15, 0.2) is 18.5 Å². The van der Waals surface area contributed by atoms with Gasteiger partial charge in [-0.05, 0) is 77.8 Å². The van der Waals surface area contributed by atoms with Crippen molar-refractivity contribution in [3.05, 3.63) is 40.5 Å². The number of hydrogen-bond donors (Lipinski definition) is 1. The van der Waals surface area contributed by atoms with E-state index in [1.807, 2.05) is 34.6 Å². The second-order valence-electron chi connectivity index (χ2n) is 10.8. The summed E-state index contributed by atoms with van der Waals surface area (Å²) in [6.07, 6.45) is 6.31. The van der Waals surface area contributed by atoms with Crippen molar-refractivity contribution in [3.63, 3.8) is 0 Å². The Morgan fingerprint density at radius 3 is 2.63 bits per heavy atom. The molecular formula is C27H35FN6O3S. The summed E-state index contributed by atoms with van der Waals surface area (Å²) >= 11 is 1.41. The number of aryl methyl sites for hydroxylation is 1. The van der Waals surface area contributed by atoms with E-state index < -0.39 is 11.4 Å². The second-order valence-corrected chi connectivity index (χ2v) is 12.0. The molecule has 204 valence electrons. The summed E-state index contributed by atoms with van der Waals surface area (Å²) in [6.45, 7) is 10.7. The molecule has 0 bridgehead atoms. The Balaban J connectivity index is 1.36. The number of aromatic nitrogens is 4. The van der Waals surface area contributed by atoms with Gasteiger partial charge in [-0.2, -0.15) is 4.98 Å². The SMILES string of the molecule is Cc1nc2nc(N[C@@H](C)c3cncc(F)c3)nc(C(=O)CCCC3CCN(C(=O)OC(C)(C)C)CC3)c2s1. The summed E-state index contributed by atoms with van der Waals surface area (Å²) in [5, 5.41) is 3.96. The van der Waals surface area contributed by atoms with Crippen LogP contribution < -0.4 is 5.32 Å². The summed E-state index contributed by atoms with van der Waals surface area (Å²) in [5.41, 5.74) is 0.995. The van der Waals surface area contributed by atoms with Crippen LogP contribution in [0.5, 0.6) is 0 Å². The lowest BCUT2D eigenvalue weighted by atomic mass is 9.91. The predicted molar refractivity (Wildman–Crippen MR) is 145 cm³/mol. The highest BCUT2D eigenvalue weighted by Gasteiger charge is 2.27. The first kappa shape index (κ1) is 27.8. The fraction of sp³-hybridized carbons (Fsp3) is 0.556. The van der Waals surface area contributed by atoms with Gasteiger partial charge in [-0.1, -0.05) is 0 Å². The van der Waals surface area contributed by atoms with Crippen LogP contribution in [-0.4, -0.2) is 55.4 Å². The highest BCUT2D eigenvalue weighted by Crippen LogP contribution is 2.28. The quantitative estimate of drug-likeness (QED) is 0.340. The van der Waals surface area contributed by atoms with E-state index in [0.29, 0.717) is 47.0 Å². The zero-order chi connectivity index (χ0) is 27.4. The molecule has 0 radical (unpaired) electrons. The number of carbonyl (C=O) groups is 2. The number of halogens is 1. The molecule has 1 atom stereocenters. The van der Waals surface area contributed by atoms with Crippen LogP contribution in [0.3, 0.4) is 0 Å². The molecule has 11 heteroatoms. The van der Waals surface area contributed by atoms with Crippen molar-refractivity contribution in [1.82, 2.24) is 24.8 Å². The molecule has 1 aliphatic heterocycles. The summed E-state index contributed by atoms with van der Waals surface area (Å²) in [5.74, 6) is 0.275. The first-order valence-electron chi connectivity index (χ1n) is 13.0. The lowest BCUT2D eigenvalue weighted by Crippen LogP contribution is -2.41. The first-order chi connectivity index (χ1) is 18.0. The minimum Gasteiger partial charge on any atom is -0.444 e. The van der Waals surface area contributed by atoms with Crippen molar-refractivity contribution in [1.29, 1.82) is 0 Å². The number of anilines is 1. The summed E-state index contributed by atoms with van der Waals surface area (Å²) in [4.78, 5) is 44.7. The molecule has 9 nitrogen and oxygen atoms in total. The molecule has 0 aliphatic carbocycles. The normalized spacial score (nSPS) is 15.5. The number of nitrogens with one attached hydrogen (secondary N) is 1. The first-order valence-corrected chi connectivity index (χ1v) is 13.8. The Morgan fingerprint density at radius 2 is 1.95 bits per heavy atom. The van der Waals surface area contributed by atoms with Gasteiger partial charge in [0.15, 0.2) is 11.4 Å². The summed E-state index contributed by atoms with van der Waals surface area (Å²) in [6, 6.07) is 1.09. The van der Waals surface area contributed by atoms with Crippen LogP contribution in [0, 0.1) is 18.7 Å². The molecule has 3 aromatic heterocycles. The molecular weight excluding hydrogens is 507 g/mol. The van der Waals surface area contributed by atoms with Gasteiger partial charge in [0.1, 0.15) is 21.8 Å². The zero-order valence-corrected chi connectivity index (χ0v) is 23.4. The van der Waals surface area contributed by atoms with Crippen molar-refractivity contribution >= 4 is 39.5 Å². The minimum atomic E-state index is -0.499. The van der Waals surface area contributed by atoms with E-state index in [0.717, 1.165) is 36.9 Å². The number of carbonyl (C=O) groups excluding carboxylic acids is 2. The van der Waals surface area contributed by atoms with Crippen LogP contribution >= 0.6 is 11.3 Å². The monoisotopic (exact) mass is 542 g/mol. The van der Waals surface area contributed by atoms with E-state index in [2.05, 4.69) is 25.3 Å². The number of thiazole rings is 1. The fourth-order valence-corrected chi connectivity index (χ4v) is 5.39.